The lowest BCUT2D eigenvalue weighted by molar-refractivity contribution is 0.0950. The molecule has 0 unspecified atom stereocenters. The third kappa shape index (κ3) is 5.15. The molecule has 0 saturated carbocycles. The number of rotatable bonds is 7. The van der Waals surface area contributed by atoms with Crippen LogP contribution < -0.4 is 10.2 Å². The Balaban J connectivity index is 1.56. The normalized spacial score (nSPS) is 11.1. The molecule has 3 rings (SSSR count). The molecule has 27 heavy (non-hydrogen) atoms. The van der Waals surface area contributed by atoms with Crippen LogP contribution in [0.3, 0.4) is 0 Å². The Morgan fingerprint density at radius 3 is 2.70 bits per heavy atom. The Kier molecular flexibility index (Phi) is 6.14. The summed E-state index contributed by atoms with van der Waals surface area (Å²) in [4.78, 5) is 12.1. The van der Waals surface area contributed by atoms with Gasteiger partial charge in [0.2, 0.25) is 0 Å². The van der Waals surface area contributed by atoms with Gasteiger partial charge < -0.3 is 4.74 Å². The highest BCUT2D eigenvalue weighted by molar-refractivity contribution is 5.94. The van der Waals surface area contributed by atoms with Gasteiger partial charge in [-0.2, -0.15) is 10.2 Å². The molecule has 0 spiro atoms. The lowest BCUT2D eigenvalue weighted by Crippen LogP contribution is -2.17. The highest BCUT2D eigenvalue weighted by atomic mass is 16.5. The van der Waals surface area contributed by atoms with Crippen LogP contribution in [-0.4, -0.2) is 28.9 Å². The predicted molar refractivity (Wildman–Crippen MR) is 107 cm³/mol. The minimum absolute atomic E-state index is 0.336. The van der Waals surface area contributed by atoms with Crippen molar-refractivity contribution in [1.29, 1.82) is 0 Å². The summed E-state index contributed by atoms with van der Waals surface area (Å²) >= 11 is 0. The molecule has 6 heteroatoms. The van der Waals surface area contributed by atoms with Crippen LogP contribution in [0.4, 0.5) is 0 Å². The fourth-order valence-corrected chi connectivity index (χ4v) is 2.39. The fourth-order valence-electron chi connectivity index (χ4n) is 2.39. The van der Waals surface area contributed by atoms with E-state index in [2.05, 4.69) is 20.7 Å². The monoisotopic (exact) mass is 360 g/mol. The van der Waals surface area contributed by atoms with Crippen molar-refractivity contribution in [2.75, 3.05) is 6.61 Å². The number of carbonyl (C=O) groups is 1. The van der Waals surface area contributed by atoms with Crippen molar-refractivity contribution in [3.8, 4) is 17.0 Å². The maximum absolute atomic E-state index is 12.1. The van der Waals surface area contributed by atoms with Gasteiger partial charge >= 0.3 is 0 Å². The number of nitrogens with zero attached hydrogens (tertiary/aromatic N) is 2. The summed E-state index contributed by atoms with van der Waals surface area (Å²) in [5.41, 5.74) is 5.43. The molecule has 0 radical (unpaired) electrons. The van der Waals surface area contributed by atoms with E-state index in [1.807, 2.05) is 67.6 Å². The second-order valence-corrected chi connectivity index (χ2v) is 5.61. The van der Waals surface area contributed by atoms with Crippen LogP contribution in [0.1, 0.15) is 23.0 Å². The Morgan fingerprint density at radius 2 is 1.96 bits per heavy atom. The lowest BCUT2D eigenvalue weighted by Gasteiger charge is -2.02. The molecular weight excluding hydrogens is 340 g/mol. The van der Waals surface area contributed by atoms with E-state index in [-0.39, 0.29) is 5.91 Å². The van der Waals surface area contributed by atoms with Gasteiger partial charge in [-0.1, -0.05) is 36.4 Å². The van der Waals surface area contributed by atoms with Crippen molar-refractivity contribution in [3.05, 3.63) is 78.0 Å². The Morgan fingerprint density at radius 1 is 1.19 bits per heavy atom. The predicted octanol–water partition coefficient (Wildman–Crippen LogP) is 3.90. The molecule has 1 amide bonds. The molecule has 0 atom stereocenters. The van der Waals surface area contributed by atoms with Gasteiger partial charge in [0.05, 0.1) is 12.3 Å². The SMILES string of the molecule is CCOc1ccc(-c2cc(C(=O)N/N=C\C=C\c3ccccc3)[nH]n2)cc1. The zero-order chi connectivity index (χ0) is 18.9. The molecule has 1 heterocycles. The molecular formula is C21H20N4O2. The summed E-state index contributed by atoms with van der Waals surface area (Å²) in [5.74, 6) is 0.441. The number of benzene rings is 2. The van der Waals surface area contributed by atoms with Gasteiger partial charge in [-0.25, -0.2) is 5.43 Å². The zero-order valence-corrected chi connectivity index (χ0v) is 14.9. The van der Waals surface area contributed by atoms with Crippen LogP contribution in [-0.2, 0) is 0 Å². The van der Waals surface area contributed by atoms with Crippen LogP contribution in [0, 0.1) is 0 Å². The number of hydrazone groups is 1. The molecule has 0 aliphatic heterocycles. The first kappa shape index (κ1) is 18.1. The largest absolute Gasteiger partial charge is 0.494 e. The average Bonchev–Trinajstić information content (AvgIpc) is 3.20. The van der Waals surface area contributed by atoms with Crippen LogP contribution >= 0.6 is 0 Å². The number of hydrogen-bond donors (Lipinski definition) is 2. The standard InChI is InChI=1S/C21H20N4O2/c1-2-27-18-12-10-17(11-13-18)19-15-20(24-23-19)21(26)25-22-14-6-9-16-7-4-3-5-8-16/h3-15H,2H2,1H3,(H,23,24)(H,25,26)/b9-6+,22-14-. The number of carbonyl (C=O) groups excluding carboxylic acids is 1. The van der Waals surface area contributed by atoms with E-state index in [9.17, 15) is 4.79 Å². The van der Waals surface area contributed by atoms with E-state index in [1.54, 1.807) is 12.1 Å². The summed E-state index contributed by atoms with van der Waals surface area (Å²) in [6, 6.07) is 19.1. The number of H-pyrrole nitrogens is 1. The molecule has 0 fully saturated rings. The minimum atomic E-state index is -0.357. The molecule has 2 N–H and O–H groups in total. The summed E-state index contributed by atoms with van der Waals surface area (Å²) in [5, 5.41) is 10.8. The van der Waals surface area contributed by atoms with Gasteiger partial charge in [0, 0.05) is 11.8 Å². The van der Waals surface area contributed by atoms with Crippen LogP contribution in [0.15, 0.2) is 71.8 Å². The maximum Gasteiger partial charge on any atom is 0.289 e. The van der Waals surface area contributed by atoms with Crippen molar-refractivity contribution in [3.63, 3.8) is 0 Å². The first-order valence-electron chi connectivity index (χ1n) is 8.60. The van der Waals surface area contributed by atoms with Crippen molar-refractivity contribution >= 4 is 18.2 Å². The number of nitrogens with one attached hydrogen (secondary N) is 2. The highest BCUT2D eigenvalue weighted by Gasteiger charge is 2.10. The van der Waals surface area contributed by atoms with Gasteiger partial charge in [0.15, 0.2) is 0 Å². The summed E-state index contributed by atoms with van der Waals surface area (Å²) in [6.45, 7) is 2.56. The Hall–Kier alpha value is -3.67. The second kappa shape index (κ2) is 9.15. The molecule has 0 aliphatic carbocycles. The number of ether oxygens (including phenoxy) is 1. The third-order valence-corrected chi connectivity index (χ3v) is 3.70. The molecule has 0 aliphatic rings. The second-order valence-electron chi connectivity index (χ2n) is 5.61. The van der Waals surface area contributed by atoms with Gasteiger partial charge in [0.1, 0.15) is 11.4 Å². The van der Waals surface area contributed by atoms with E-state index in [4.69, 9.17) is 4.74 Å². The minimum Gasteiger partial charge on any atom is -0.494 e. The summed E-state index contributed by atoms with van der Waals surface area (Å²) in [6.07, 6.45) is 5.18. The van der Waals surface area contributed by atoms with Gasteiger partial charge in [-0.05, 0) is 48.9 Å². The van der Waals surface area contributed by atoms with Crippen molar-refractivity contribution in [2.24, 2.45) is 5.10 Å². The lowest BCUT2D eigenvalue weighted by atomic mass is 10.1. The topological polar surface area (TPSA) is 79.4 Å². The van der Waals surface area contributed by atoms with Crippen molar-refractivity contribution in [1.82, 2.24) is 15.6 Å². The Labute approximate surface area is 157 Å². The Bertz CT molecular complexity index is 928. The van der Waals surface area contributed by atoms with Crippen molar-refractivity contribution in [2.45, 2.75) is 6.92 Å². The van der Waals surface area contributed by atoms with Gasteiger partial charge in [0.25, 0.3) is 5.91 Å². The van der Waals surface area contributed by atoms with E-state index < -0.39 is 0 Å². The number of aromatic nitrogens is 2. The quantitative estimate of drug-likeness (QED) is 0.495. The summed E-state index contributed by atoms with van der Waals surface area (Å²) < 4.78 is 5.42. The van der Waals surface area contributed by atoms with E-state index >= 15 is 0 Å². The first-order valence-corrected chi connectivity index (χ1v) is 8.60. The molecule has 0 saturated heterocycles. The molecule has 1 aromatic heterocycles. The smallest absolute Gasteiger partial charge is 0.289 e. The average molecular weight is 360 g/mol. The molecule has 2 aromatic carbocycles. The van der Waals surface area contributed by atoms with E-state index in [1.165, 1.54) is 6.21 Å². The van der Waals surface area contributed by atoms with Gasteiger partial charge in [-0.15, -0.1) is 0 Å². The van der Waals surface area contributed by atoms with E-state index in [0.29, 0.717) is 18.0 Å². The van der Waals surface area contributed by atoms with Crippen LogP contribution in [0.2, 0.25) is 0 Å². The van der Waals surface area contributed by atoms with E-state index in [0.717, 1.165) is 16.9 Å². The maximum atomic E-state index is 12.1. The summed E-state index contributed by atoms with van der Waals surface area (Å²) in [7, 11) is 0. The fraction of sp³-hybridized carbons (Fsp3) is 0.0952. The first-order chi connectivity index (χ1) is 13.3. The van der Waals surface area contributed by atoms with Gasteiger partial charge in [-0.3, -0.25) is 9.89 Å². The number of amides is 1. The third-order valence-electron chi connectivity index (χ3n) is 3.70. The number of aromatic amines is 1. The molecule has 3 aromatic rings. The van der Waals surface area contributed by atoms with Crippen LogP contribution in [0.25, 0.3) is 17.3 Å². The van der Waals surface area contributed by atoms with Crippen molar-refractivity contribution < 1.29 is 9.53 Å². The molecule has 0 bridgehead atoms. The molecule has 6 nitrogen and oxygen atoms in total. The number of allylic oxidation sites excluding steroid dienone is 1. The zero-order valence-electron chi connectivity index (χ0n) is 14.9. The molecule has 136 valence electrons. The highest BCUT2D eigenvalue weighted by Crippen LogP contribution is 2.21. The van der Waals surface area contributed by atoms with Crippen LogP contribution in [0.5, 0.6) is 5.75 Å². The number of hydrogen-bond acceptors (Lipinski definition) is 4.